The second kappa shape index (κ2) is 8.99. The quantitative estimate of drug-likeness (QED) is 0.765. The lowest BCUT2D eigenvalue weighted by Gasteiger charge is -2.36. The van der Waals surface area contributed by atoms with Crippen molar-refractivity contribution < 1.29 is 14.6 Å². The van der Waals surface area contributed by atoms with Crippen molar-refractivity contribution in [1.29, 1.82) is 0 Å². The van der Waals surface area contributed by atoms with E-state index in [0.29, 0.717) is 0 Å². The van der Waals surface area contributed by atoms with Crippen molar-refractivity contribution >= 4 is 0 Å². The van der Waals surface area contributed by atoms with Gasteiger partial charge in [0.15, 0.2) is 0 Å². The van der Waals surface area contributed by atoms with Gasteiger partial charge in [-0.2, -0.15) is 0 Å². The van der Waals surface area contributed by atoms with Crippen molar-refractivity contribution in [2.24, 2.45) is 0 Å². The van der Waals surface area contributed by atoms with Crippen LogP contribution >= 0.6 is 0 Å². The largest absolute Gasteiger partial charge is 0.494 e. The van der Waals surface area contributed by atoms with E-state index in [9.17, 15) is 5.11 Å². The number of hydrogen-bond donors (Lipinski definition) is 1. The summed E-state index contributed by atoms with van der Waals surface area (Å²) in [6.45, 7) is 10.3. The Morgan fingerprint density at radius 3 is 2.60 bits per heavy atom. The highest BCUT2D eigenvalue weighted by atomic mass is 16.5. The molecule has 0 saturated carbocycles. The smallest absolute Gasteiger partial charge is 0.119 e. The normalized spacial score (nSPS) is 25.8. The minimum Gasteiger partial charge on any atom is -0.494 e. The molecule has 0 radical (unpaired) electrons. The number of nitrogens with zero attached hydrogens (tertiary/aromatic N) is 2. The molecule has 1 N–H and O–H groups in total. The molecule has 25 heavy (non-hydrogen) atoms. The van der Waals surface area contributed by atoms with E-state index in [4.69, 9.17) is 9.47 Å². The van der Waals surface area contributed by atoms with E-state index in [1.54, 1.807) is 0 Å². The number of rotatable bonds is 7. The molecule has 2 heterocycles. The van der Waals surface area contributed by atoms with Crippen molar-refractivity contribution in [3.63, 3.8) is 0 Å². The van der Waals surface area contributed by atoms with Crippen LogP contribution < -0.4 is 4.74 Å². The lowest BCUT2D eigenvalue weighted by molar-refractivity contribution is -0.0181. The molecule has 0 amide bonds. The van der Waals surface area contributed by atoms with Crippen LogP contribution in [0.4, 0.5) is 0 Å². The Morgan fingerprint density at radius 2 is 1.88 bits per heavy atom. The lowest BCUT2D eigenvalue weighted by Crippen LogP contribution is -2.45. The Kier molecular flexibility index (Phi) is 6.70. The maximum Gasteiger partial charge on any atom is 0.119 e. The molecule has 3 rings (SSSR count). The molecule has 5 heteroatoms. The monoisotopic (exact) mass is 348 g/mol. The molecule has 0 aromatic heterocycles. The van der Waals surface area contributed by atoms with Gasteiger partial charge in [-0.25, -0.2) is 0 Å². The number of likely N-dealkylation sites (tertiary alicyclic amines) is 1. The van der Waals surface area contributed by atoms with Gasteiger partial charge in [0.05, 0.1) is 25.4 Å². The molecule has 2 aliphatic heterocycles. The molecular formula is C20H32N2O3. The first-order valence-corrected chi connectivity index (χ1v) is 9.57. The van der Waals surface area contributed by atoms with Gasteiger partial charge in [-0.15, -0.1) is 0 Å². The van der Waals surface area contributed by atoms with Crippen LogP contribution in [0.1, 0.15) is 31.7 Å². The van der Waals surface area contributed by atoms with E-state index < -0.39 is 5.60 Å². The van der Waals surface area contributed by atoms with Gasteiger partial charge in [0.2, 0.25) is 0 Å². The zero-order valence-electron chi connectivity index (χ0n) is 15.5. The summed E-state index contributed by atoms with van der Waals surface area (Å²) in [5.41, 5.74) is 0.736. The van der Waals surface area contributed by atoms with Crippen molar-refractivity contribution in [2.45, 2.75) is 38.3 Å². The molecule has 1 atom stereocenters. The summed E-state index contributed by atoms with van der Waals surface area (Å²) in [4.78, 5) is 4.77. The Balaban J connectivity index is 1.37. The number of morpholine rings is 1. The summed E-state index contributed by atoms with van der Waals surface area (Å²) in [7, 11) is 0. The molecule has 1 aromatic carbocycles. The van der Waals surface area contributed by atoms with Crippen LogP contribution in [0.25, 0.3) is 0 Å². The summed E-state index contributed by atoms with van der Waals surface area (Å²) < 4.78 is 11.2. The van der Waals surface area contributed by atoms with Crippen molar-refractivity contribution in [2.75, 3.05) is 52.5 Å². The predicted molar refractivity (Wildman–Crippen MR) is 98.9 cm³/mol. The van der Waals surface area contributed by atoms with Gasteiger partial charge in [-0.05, 0) is 50.4 Å². The minimum atomic E-state index is -0.540. The van der Waals surface area contributed by atoms with Gasteiger partial charge in [0.1, 0.15) is 5.75 Å². The van der Waals surface area contributed by atoms with Gasteiger partial charge < -0.3 is 14.6 Å². The number of benzene rings is 1. The summed E-state index contributed by atoms with van der Waals surface area (Å²) in [6, 6.07) is 8.40. The first-order valence-electron chi connectivity index (χ1n) is 9.57. The summed E-state index contributed by atoms with van der Waals surface area (Å²) in [5, 5.41) is 10.2. The number of ether oxygens (including phenoxy) is 2. The van der Waals surface area contributed by atoms with Gasteiger partial charge in [-0.1, -0.05) is 12.1 Å². The lowest BCUT2D eigenvalue weighted by atomic mass is 9.95. The van der Waals surface area contributed by atoms with E-state index in [1.807, 2.05) is 6.92 Å². The van der Waals surface area contributed by atoms with E-state index in [2.05, 4.69) is 34.1 Å². The Labute approximate surface area is 151 Å². The maximum absolute atomic E-state index is 10.2. The predicted octanol–water partition coefficient (Wildman–Crippen LogP) is 2.13. The molecule has 0 spiro atoms. The Bertz CT molecular complexity index is 512. The molecule has 2 saturated heterocycles. The van der Waals surface area contributed by atoms with Crippen molar-refractivity contribution in [1.82, 2.24) is 9.80 Å². The van der Waals surface area contributed by atoms with E-state index >= 15 is 0 Å². The Hall–Kier alpha value is -1.14. The first-order chi connectivity index (χ1) is 12.1. The zero-order chi connectivity index (χ0) is 17.5. The SMILES string of the molecule is CC1(O)CCCN(Cc2ccc(OCCCN3CCOCC3)cc2)C1. The fraction of sp³-hybridized carbons (Fsp3) is 0.700. The fourth-order valence-electron chi connectivity index (χ4n) is 3.71. The maximum atomic E-state index is 10.2. The van der Waals surface area contributed by atoms with Crippen LogP contribution in [0.3, 0.4) is 0 Å². The standard InChI is InChI=1S/C20H32N2O3/c1-20(23)8-2-9-22(17-20)16-18-4-6-19(7-5-18)25-13-3-10-21-11-14-24-15-12-21/h4-7,23H,2-3,8-17H2,1H3. The molecule has 2 fully saturated rings. The second-order valence-electron chi connectivity index (χ2n) is 7.61. The first kappa shape index (κ1) is 18.6. The van der Waals surface area contributed by atoms with Gasteiger partial charge in [-0.3, -0.25) is 9.80 Å². The average molecular weight is 348 g/mol. The van der Waals surface area contributed by atoms with Gasteiger partial charge in [0.25, 0.3) is 0 Å². The third-order valence-corrected chi connectivity index (χ3v) is 5.07. The van der Waals surface area contributed by atoms with Gasteiger partial charge >= 0.3 is 0 Å². The van der Waals surface area contributed by atoms with Crippen LogP contribution in [0, 0.1) is 0 Å². The van der Waals surface area contributed by atoms with E-state index in [0.717, 1.165) is 84.1 Å². The van der Waals surface area contributed by atoms with Crippen LogP contribution in [-0.2, 0) is 11.3 Å². The number of β-amino-alcohol motifs (C(OH)–C–C–N with tert-alkyl or cyclic N) is 1. The minimum absolute atomic E-state index is 0.540. The average Bonchev–Trinajstić information content (AvgIpc) is 2.60. The molecular weight excluding hydrogens is 316 g/mol. The molecule has 5 nitrogen and oxygen atoms in total. The van der Waals surface area contributed by atoms with E-state index in [1.165, 1.54) is 5.56 Å². The number of piperidine rings is 1. The highest BCUT2D eigenvalue weighted by Crippen LogP contribution is 2.22. The second-order valence-corrected chi connectivity index (χ2v) is 7.61. The highest BCUT2D eigenvalue weighted by molar-refractivity contribution is 5.27. The summed E-state index contributed by atoms with van der Waals surface area (Å²) in [5.74, 6) is 0.941. The topological polar surface area (TPSA) is 45.2 Å². The third-order valence-electron chi connectivity index (χ3n) is 5.07. The molecule has 1 unspecified atom stereocenters. The summed E-state index contributed by atoms with van der Waals surface area (Å²) in [6.07, 6.45) is 3.02. The fourth-order valence-corrected chi connectivity index (χ4v) is 3.71. The van der Waals surface area contributed by atoms with Crippen molar-refractivity contribution in [3.05, 3.63) is 29.8 Å². The molecule has 0 bridgehead atoms. The van der Waals surface area contributed by atoms with Crippen LogP contribution in [-0.4, -0.2) is 73.1 Å². The Morgan fingerprint density at radius 1 is 1.12 bits per heavy atom. The number of aliphatic hydroxyl groups is 1. The molecule has 0 aliphatic carbocycles. The highest BCUT2D eigenvalue weighted by Gasteiger charge is 2.28. The van der Waals surface area contributed by atoms with Crippen molar-refractivity contribution in [3.8, 4) is 5.75 Å². The molecule has 140 valence electrons. The molecule has 2 aliphatic rings. The zero-order valence-corrected chi connectivity index (χ0v) is 15.5. The van der Waals surface area contributed by atoms with Crippen LogP contribution in [0.15, 0.2) is 24.3 Å². The van der Waals surface area contributed by atoms with Crippen LogP contribution in [0.5, 0.6) is 5.75 Å². The van der Waals surface area contributed by atoms with Crippen LogP contribution in [0.2, 0.25) is 0 Å². The summed E-state index contributed by atoms with van der Waals surface area (Å²) >= 11 is 0. The number of hydrogen-bond acceptors (Lipinski definition) is 5. The third kappa shape index (κ3) is 6.26. The molecule has 1 aromatic rings. The van der Waals surface area contributed by atoms with Gasteiger partial charge in [0, 0.05) is 32.7 Å². The van der Waals surface area contributed by atoms with E-state index in [-0.39, 0.29) is 0 Å².